The first-order chi connectivity index (χ1) is 6.66. The Morgan fingerprint density at radius 3 is 3.00 bits per heavy atom. The largest absolute Gasteiger partial charge is 0.465 e. The summed E-state index contributed by atoms with van der Waals surface area (Å²) < 4.78 is 5.75. The summed E-state index contributed by atoms with van der Waals surface area (Å²) in [6, 6.07) is 3.67. The highest BCUT2D eigenvalue weighted by Gasteiger charge is 2.19. The zero-order valence-electron chi connectivity index (χ0n) is 8.16. The van der Waals surface area contributed by atoms with E-state index < -0.39 is 0 Å². The topological polar surface area (TPSA) is 39.2 Å². The molecule has 0 saturated heterocycles. The molecule has 0 N–H and O–H groups in total. The van der Waals surface area contributed by atoms with Crippen molar-refractivity contribution in [2.75, 3.05) is 6.61 Å². The predicted octanol–water partition coefficient (Wildman–Crippen LogP) is 2.51. The number of pyridine rings is 1. The number of aromatic nitrogens is 1. The zero-order chi connectivity index (χ0) is 10.6. The Balaban J connectivity index is 2.84. The average molecular weight is 258 g/mol. The van der Waals surface area contributed by atoms with Gasteiger partial charge in [-0.1, -0.05) is 0 Å². The number of rotatable bonds is 3. The first-order valence-electron chi connectivity index (χ1n) is 4.43. The van der Waals surface area contributed by atoms with E-state index >= 15 is 0 Å². The number of carbonyl (C=O) groups excluding carboxylic acids is 1. The van der Waals surface area contributed by atoms with Gasteiger partial charge >= 0.3 is 5.97 Å². The minimum atomic E-state index is -0.328. The van der Waals surface area contributed by atoms with Crippen LogP contribution in [0.4, 0.5) is 0 Å². The normalized spacial score (nSPS) is 12.2. The molecular formula is C10H12BrNO2. The number of ether oxygens (including phenoxy) is 1. The molecule has 1 atom stereocenters. The molecule has 0 amide bonds. The number of hydrogen-bond donors (Lipinski definition) is 0. The highest BCUT2D eigenvalue weighted by atomic mass is 79.9. The molecule has 3 nitrogen and oxygen atoms in total. The number of esters is 1. The third-order valence-corrected chi connectivity index (χ3v) is 2.51. The van der Waals surface area contributed by atoms with Crippen LogP contribution in [-0.2, 0) is 9.53 Å². The smallest absolute Gasteiger partial charge is 0.314 e. The Hall–Kier alpha value is -0.900. The number of hydrogen-bond acceptors (Lipinski definition) is 3. The van der Waals surface area contributed by atoms with E-state index in [0.29, 0.717) is 12.3 Å². The average Bonchev–Trinajstić information content (AvgIpc) is 2.18. The molecule has 0 bridgehead atoms. The molecule has 1 heterocycles. The van der Waals surface area contributed by atoms with E-state index in [9.17, 15) is 4.79 Å². The van der Waals surface area contributed by atoms with Crippen molar-refractivity contribution in [3.63, 3.8) is 0 Å². The van der Waals surface area contributed by atoms with Crippen LogP contribution in [0, 0.1) is 0 Å². The molecule has 0 radical (unpaired) electrons. The van der Waals surface area contributed by atoms with E-state index in [4.69, 9.17) is 4.74 Å². The van der Waals surface area contributed by atoms with Crippen molar-refractivity contribution >= 4 is 21.9 Å². The Labute approximate surface area is 91.6 Å². The summed E-state index contributed by atoms with van der Waals surface area (Å²) in [5, 5.41) is 0. The lowest BCUT2D eigenvalue weighted by atomic mass is 10.1. The standard InChI is InChI=1S/C10H12BrNO2/c1-3-14-10(13)7(2)9-8(11)5-4-6-12-9/h4-7H,3H2,1-2H3. The number of nitrogens with zero attached hydrogens (tertiary/aromatic N) is 1. The molecule has 0 aliphatic heterocycles. The molecule has 76 valence electrons. The Morgan fingerprint density at radius 1 is 1.71 bits per heavy atom. The number of halogens is 1. The molecular weight excluding hydrogens is 246 g/mol. The molecule has 0 aliphatic rings. The van der Waals surface area contributed by atoms with Crippen LogP contribution in [0.25, 0.3) is 0 Å². The molecule has 14 heavy (non-hydrogen) atoms. The lowest BCUT2D eigenvalue weighted by Crippen LogP contribution is -2.14. The molecule has 0 aromatic carbocycles. The maximum Gasteiger partial charge on any atom is 0.314 e. The molecule has 1 rings (SSSR count). The van der Waals surface area contributed by atoms with Crippen molar-refractivity contribution < 1.29 is 9.53 Å². The van der Waals surface area contributed by atoms with Crippen LogP contribution < -0.4 is 0 Å². The predicted molar refractivity (Wildman–Crippen MR) is 57.0 cm³/mol. The fourth-order valence-electron chi connectivity index (χ4n) is 1.10. The van der Waals surface area contributed by atoms with Crippen molar-refractivity contribution in [3.8, 4) is 0 Å². The van der Waals surface area contributed by atoms with Gasteiger partial charge in [0.15, 0.2) is 0 Å². The van der Waals surface area contributed by atoms with Gasteiger partial charge in [0.2, 0.25) is 0 Å². The summed E-state index contributed by atoms with van der Waals surface area (Å²) in [6.45, 7) is 3.97. The monoisotopic (exact) mass is 257 g/mol. The van der Waals surface area contributed by atoms with Crippen LogP contribution >= 0.6 is 15.9 Å². The summed E-state index contributed by atoms with van der Waals surface area (Å²) >= 11 is 3.35. The maximum absolute atomic E-state index is 11.4. The van der Waals surface area contributed by atoms with E-state index in [1.54, 1.807) is 20.0 Å². The van der Waals surface area contributed by atoms with Gasteiger partial charge in [0.25, 0.3) is 0 Å². The van der Waals surface area contributed by atoms with Gasteiger partial charge in [-0.2, -0.15) is 0 Å². The van der Waals surface area contributed by atoms with E-state index in [-0.39, 0.29) is 11.9 Å². The summed E-state index contributed by atoms with van der Waals surface area (Å²) in [5.41, 5.74) is 0.714. The second-order valence-corrected chi connectivity index (χ2v) is 3.70. The van der Waals surface area contributed by atoms with Crippen LogP contribution in [0.1, 0.15) is 25.5 Å². The fourth-order valence-corrected chi connectivity index (χ4v) is 1.69. The molecule has 0 aliphatic carbocycles. The van der Waals surface area contributed by atoms with Crippen molar-refractivity contribution in [2.45, 2.75) is 19.8 Å². The highest BCUT2D eigenvalue weighted by Crippen LogP contribution is 2.22. The first-order valence-corrected chi connectivity index (χ1v) is 5.23. The third kappa shape index (κ3) is 2.54. The highest BCUT2D eigenvalue weighted by molar-refractivity contribution is 9.10. The second-order valence-electron chi connectivity index (χ2n) is 2.84. The lowest BCUT2D eigenvalue weighted by molar-refractivity contribution is -0.144. The van der Waals surface area contributed by atoms with E-state index in [2.05, 4.69) is 20.9 Å². The van der Waals surface area contributed by atoms with Crippen LogP contribution in [0.3, 0.4) is 0 Å². The molecule has 1 aromatic heterocycles. The van der Waals surface area contributed by atoms with Crippen molar-refractivity contribution in [1.29, 1.82) is 0 Å². The molecule has 0 saturated carbocycles. The van der Waals surface area contributed by atoms with Gasteiger partial charge in [-0.25, -0.2) is 0 Å². The number of carbonyl (C=O) groups is 1. The van der Waals surface area contributed by atoms with Gasteiger partial charge in [-0.05, 0) is 41.9 Å². The summed E-state index contributed by atoms with van der Waals surface area (Å²) in [6.07, 6.45) is 1.66. The zero-order valence-corrected chi connectivity index (χ0v) is 9.74. The van der Waals surface area contributed by atoms with Crippen molar-refractivity contribution in [3.05, 3.63) is 28.5 Å². The maximum atomic E-state index is 11.4. The quantitative estimate of drug-likeness (QED) is 0.782. The van der Waals surface area contributed by atoms with Gasteiger partial charge in [-0.3, -0.25) is 9.78 Å². The Morgan fingerprint density at radius 2 is 2.43 bits per heavy atom. The molecule has 1 aromatic rings. The van der Waals surface area contributed by atoms with Crippen molar-refractivity contribution in [2.24, 2.45) is 0 Å². The minimum absolute atomic E-state index is 0.244. The van der Waals surface area contributed by atoms with E-state index in [1.807, 2.05) is 12.1 Å². The third-order valence-electron chi connectivity index (χ3n) is 1.84. The Kier molecular flexibility index (Phi) is 4.07. The first kappa shape index (κ1) is 11.2. The van der Waals surface area contributed by atoms with Gasteiger partial charge < -0.3 is 4.74 Å². The fraction of sp³-hybridized carbons (Fsp3) is 0.400. The van der Waals surface area contributed by atoms with Gasteiger partial charge in [-0.15, -0.1) is 0 Å². The summed E-state index contributed by atoms with van der Waals surface area (Å²) in [7, 11) is 0. The molecule has 4 heteroatoms. The van der Waals surface area contributed by atoms with Crippen LogP contribution in [0.5, 0.6) is 0 Å². The van der Waals surface area contributed by atoms with E-state index in [1.165, 1.54) is 0 Å². The van der Waals surface area contributed by atoms with Gasteiger partial charge in [0, 0.05) is 10.7 Å². The summed E-state index contributed by atoms with van der Waals surface area (Å²) in [4.78, 5) is 15.5. The van der Waals surface area contributed by atoms with E-state index in [0.717, 1.165) is 4.47 Å². The van der Waals surface area contributed by atoms with Crippen LogP contribution in [-0.4, -0.2) is 17.6 Å². The van der Waals surface area contributed by atoms with Gasteiger partial charge in [0.1, 0.15) is 0 Å². The molecule has 0 fully saturated rings. The Bertz CT molecular complexity index is 328. The van der Waals surface area contributed by atoms with Crippen LogP contribution in [0.15, 0.2) is 22.8 Å². The SMILES string of the molecule is CCOC(=O)C(C)c1ncccc1Br. The van der Waals surface area contributed by atoms with Gasteiger partial charge in [0.05, 0.1) is 18.2 Å². The summed E-state index contributed by atoms with van der Waals surface area (Å²) in [5.74, 6) is -0.572. The van der Waals surface area contributed by atoms with Crippen LogP contribution in [0.2, 0.25) is 0 Å². The molecule has 0 spiro atoms. The lowest BCUT2D eigenvalue weighted by Gasteiger charge is -2.10. The molecule has 1 unspecified atom stereocenters. The second kappa shape index (κ2) is 5.10. The minimum Gasteiger partial charge on any atom is -0.465 e. The van der Waals surface area contributed by atoms with Crippen molar-refractivity contribution in [1.82, 2.24) is 4.98 Å².